The van der Waals surface area contributed by atoms with Crippen molar-refractivity contribution < 1.29 is 14.7 Å². The third kappa shape index (κ3) is 3.62. The SMILES string of the molecule is CC(=O)c1ccc(N=NC2=C(O)CC(C)(C)CC2=O)cc1. The number of benzene rings is 1. The van der Waals surface area contributed by atoms with Crippen molar-refractivity contribution in [2.45, 2.75) is 33.6 Å². The fourth-order valence-corrected chi connectivity index (χ4v) is 2.26. The number of carbonyl (C=O) groups excluding carboxylic acids is 2. The molecule has 0 heterocycles. The molecule has 0 aromatic heterocycles. The molecule has 1 N–H and O–H groups in total. The summed E-state index contributed by atoms with van der Waals surface area (Å²) < 4.78 is 0. The molecule has 1 aliphatic carbocycles. The number of allylic oxidation sites excluding steroid dienone is 2. The third-order valence-electron chi connectivity index (χ3n) is 3.36. The van der Waals surface area contributed by atoms with Crippen LogP contribution in [-0.2, 0) is 4.79 Å². The van der Waals surface area contributed by atoms with Crippen LogP contribution in [0.3, 0.4) is 0 Å². The topological polar surface area (TPSA) is 79.1 Å². The molecule has 0 saturated carbocycles. The number of nitrogens with zero attached hydrogens (tertiary/aromatic N) is 2. The van der Waals surface area contributed by atoms with Crippen molar-refractivity contribution in [2.24, 2.45) is 15.6 Å². The monoisotopic (exact) mass is 286 g/mol. The second-order valence-electron chi connectivity index (χ2n) is 6.04. The van der Waals surface area contributed by atoms with Crippen molar-refractivity contribution in [3.63, 3.8) is 0 Å². The van der Waals surface area contributed by atoms with Gasteiger partial charge >= 0.3 is 0 Å². The molecule has 1 aromatic carbocycles. The van der Waals surface area contributed by atoms with Crippen LogP contribution in [0.5, 0.6) is 0 Å². The summed E-state index contributed by atoms with van der Waals surface area (Å²) in [4.78, 5) is 23.1. The number of aliphatic hydroxyl groups excluding tert-OH is 1. The van der Waals surface area contributed by atoms with Crippen LogP contribution in [0.4, 0.5) is 5.69 Å². The van der Waals surface area contributed by atoms with Crippen LogP contribution in [-0.4, -0.2) is 16.7 Å². The highest BCUT2D eigenvalue weighted by molar-refractivity contribution is 5.96. The molecule has 1 aromatic rings. The number of azo groups is 1. The summed E-state index contributed by atoms with van der Waals surface area (Å²) in [6, 6.07) is 6.59. The first-order valence-corrected chi connectivity index (χ1v) is 6.76. The lowest BCUT2D eigenvalue weighted by molar-refractivity contribution is -0.118. The summed E-state index contributed by atoms with van der Waals surface area (Å²) in [5.74, 6) is -0.239. The molecule has 0 radical (unpaired) electrons. The van der Waals surface area contributed by atoms with Gasteiger partial charge in [0.05, 0.1) is 5.69 Å². The van der Waals surface area contributed by atoms with Gasteiger partial charge in [0.2, 0.25) is 0 Å². The van der Waals surface area contributed by atoms with Crippen molar-refractivity contribution in [1.29, 1.82) is 0 Å². The second-order valence-corrected chi connectivity index (χ2v) is 6.04. The molecule has 0 bridgehead atoms. The predicted molar refractivity (Wildman–Crippen MR) is 78.6 cm³/mol. The van der Waals surface area contributed by atoms with Crippen LogP contribution in [0, 0.1) is 5.41 Å². The summed E-state index contributed by atoms with van der Waals surface area (Å²) in [5, 5.41) is 17.8. The molecule has 0 fully saturated rings. The van der Waals surface area contributed by atoms with Crippen molar-refractivity contribution in [2.75, 3.05) is 0 Å². The highest BCUT2D eigenvalue weighted by atomic mass is 16.3. The van der Waals surface area contributed by atoms with Gasteiger partial charge in [0, 0.05) is 18.4 Å². The van der Waals surface area contributed by atoms with Gasteiger partial charge in [-0.25, -0.2) is 0 Å². The van der Waals surface area contributed by atoms with E-state index in [1.165, 1.54) is 6.92 Å². The van der Waals surface area contributed by atoms with E-state index in [4.69, 9.17) is 0 Å². The lowest BCUT2D eigenvalue weighted by Crippen LogP contribution is -2.25. The Labute approximate surface area is 123 Å². The molecule has 0 aliphatic heterocycles. The Kier molecular flexibility index (Phi) is 4.02. The Bertz CT molecular complexity index is 640. The van der Waals surface area contributed by atoms with Crippen LogP contribution in [0.15, 0.2) is 46.0 Å². The van der Waals surface area contributed by atoms with E-state index >= 15 is 0 Å². The van der Waals surface area contributed by atoms with Crippen molar-refractivity contribution >= 4 is 17.3 Å². The van der Waals surface area contributed by atoms with Gasteiger partial charge in [0.25, 0.3) is 0 Å². The van der Waals surface area contributed by atoms with E-state index in [0.717, 1.165) is 0 Å². The quantitative estimate of drug-likeness (QED) is 0.670. The maximum Gasteiger partial charge on any atom is 0.187 e. The highest BCUT2D eigenvalue weighted by Gasteiger charge is 2.33. The predicted octanol–water partition coefficient (Wildman–Crippen LogP) is 4.13. The average molecular weight is 286 g/mol. The largest absolute Gasteiger partial charge is 0.510 e. The molecule has 2 rings (SSSR count). The van der Waals surface area contributed by atoms with Crippen molar-refractivity contribution in [3.8, 4) is 0 Å². The summed E-state index contributed by atoms with van der Waals surface area (Å²) in [7, 11) is 0. The molecule has 0 spiro atoms. The molecule has 0 saturated heterocycles. The average Bonchev–Trinajstić information content (AvgIpc) is 2.36. The van der Waals surface area contributed by atoms with E-state index in [1.807, 2.05) is 13.8 Å². The summed E-state index contributed by atoms with van der Waals surface area (Å²) in [5.41, 5.74) is 0.901. The van der Waals surface area contributed by atoms with E-state index < -0.39 is 0 Å². The molecule has 0 unspecified atom stereocenters. The molecule has 110 valence electrons. The van der Waals surface area contributed by atoms with E-state index in [-0.39, 0.29) is 28.4 Å². The van der Waals surface area contributed by atoms with Gasteiger partial charge in [-0.3, -0.25) is 9.59 Å². The minimum atomic E-state index is -0.247. The zero-order chi connectivity index (χ0) is 15.6. The van der Waals surface area contributed by atoms with Gasteiger partial charge in [-0.2, -0.15) is 5.11 Å². The number of rotatable bonds is 3. The summed E-state index contributed by atoms with van der Waals surface area (Å²) in [6.07, 6.45) is 0.755. The van der Waals surface area contributed by atoms with E-state index in [9.17, 15) is 14.7 Å². The number of Topliss-reactive ketones (excluding diaryl/α,β-unsaturated/α-hetero) is 2. The van der Waals surface area contributed by atoms with Gasteiger partial charge in [0.15, 0.2) is 17.3 Å². The van der Waals surface area contributed by atoms with Crippen LogP contribution < -0.4 is 0 Å². The third-order valence-corrected chi connectivity index (χ3v) is 3.36. The van der Waals surface area contributed by atoms with Gasteiger partial charge < -0.3 is 5.11 Å². The van der Waals surface area contributed by atoms with Crippen molar-refractivity contribution in [3.05, 3.63) is 41.3 Å². The van der Waals surface area contributed by atoms with Gasteiger partial charge in [-0.1, -0.05) is 13.8 Å². The maximum absolute atomic E-state index is 12.0. The number of aliphatic hydroxyl groups is 1. The fraction of sp³-hybridized carbons (Fsp3) is 0.375. The zero-order valence-electron chi connectivity index (χ0n) is 12.4. The molecule has 5 nitrogen and oxygen atoms in total. The highest BCUT2D eigenvalue weighted by Crippen LogP contribution is 2.36. The number of ketones is 2. The van der Waals surface area contributed by atoms with Crippen LogP contribution >= 0.6 is 0 Å². The lowest BCUT2D eigenvalue weighted by Gasteiger charge is -2.27. The number of hydrogen-bond acceptors (Lipinski definition) is 5. The maximum atomic E-state index is 12.0. The van der Waals surface area contributed by atoms with Gasteiger partial charge in [0.1, 0.15) is 5.76 Å². The first kappa shape index (κ1) is 15.1. The van der Waals surface area contributed by atoms with Gasteiger partial charge in [-0.15, -0.1) is 5.11 Å². The second kappa shape index (κ2) is 5.60. The minimum absolute atomic E-state index is 0.0136. The molecule has 0 atom stereocenters. The number of carbonyl (C=O) groups is 2. The Hall–Kier alpha value is -2.30. The van der Waals surface area contributed by atoms with E-state index in [0.29, 0.717) is 24.1 Å². The Morgan fingerprint density at radius 2 is 1.76 bits per heavy atom. The van der Waals surface area contributed by atoms with Crippen LogP contribution in [0.2, 0.25) is 0 Å². The summed E-state index contributed by atoms with van der Waals surface area (Å²) in [6.45, 7) is 5.34. The Morgan fingerprint density at radius 3 is 2.29 bits per heavy atom. The lowest BCUT2D eigenvalue weighted by atomic mass is 9.78. The summed E-state index contributed by atoms with van der Waals surface area (Å²) >= 11 is 0. The molecule has 21 heavy (non-hydrogen) atoms. The van der Waals surface area contributed by atoms with E-state index in [1.54, 1.807) is 24.3 Å². The molecule has 1 aliphatic rings. The first-order valence-electron chi connectivity index (χ1n) is 6.76. The standard InChI is InChI=1S/C16H18N2O3/c1-10(19)11-4-6-12(7-5-11)17-18-15-13(20)8-16(2,3)9-14(15)21/h4-7,20H,8-9H2,1-3H3. The normalized spacial score (nSPS) is 18.3. The zero-order valence-corrected chi connectivity index (χ0v) is 12.4. The van der Waals surface area contributed by atoms with E-state index in [2.05, 4.69) is 10.2 Å². The van der Waals surface area contributed by atoms with Crippen LogP contribution in [0.1, 0.15) is 44.0 Å². The molecule has 0 amide bonds. The van der Waals surface area contributed by atoms with Gasteiger partial charge in [-0.05, 0) is 36.6 Å². The smallest absolute Gasteiger partial charge is 0.187 e. The minimum Gasteiger partial charge on any atom is -0.510 e. The molecular weight excluding hydrogens is 268 g/mol. The van der Waals surface area contributed by atoms with Crippen molar-refractivity contribution in [1.82, 2.24) is 0 Å². The Balaban J connectivity index is 2.21. The first-order chi connectivity index (χ1) is 9.78. The fourth-order valence-electron chi connectivity index (χ4n) is 2.26. The number of hydrogen-bond donors (Lipinski definition) is 1. The molecule has 5 heteroatoms. The Morgan fingerprint density at radius 1 is 1.14 bits per heavy atom. The van der Waals surface area contributed by atoms with Crippen LogP contribution in [0.25, 0.3) is 0 Å². The molecular formula is C16H18N2O3.